The molecule has 6 nitrogen and oxygen atoms in total. The summed E-state index contributed by atoms with van der Waals surface area (Å²) in [4.78, 5) is 24.2. The molecule has 2 aromatic rings. The molecule has 0 fully saturated rings. The second-order valence-corrected chi connectivity index (χ2v) is 6.72. The number of carbonyl (C=O) groups excluding carboxylic acids is 2. The van der Waals surface area contributed by atoms with Gasteiger partial charge >= 0.3 is 0 Å². The maximum Gasteiger partial charge on any atom is 0.268 e. The van der Waals surface area contributed by atoms with Gasteiger partial charge in [0, 0.05) is 18.8 Å². The third kappa shape index (κ3) is 3.38. The van der Waals surface area contributed by atoms with E-state index in [4.69, 9.17) is 9.47 Å². The predicted octanol–water partition coefficient (Wildman–Crippen LogP) is 2.66. The zero-order valence-corrected chi connectivity index (χ0v) is 14.9. The SMILES string of the molecule is CC(=O)c1cc(C(=O)NC(C)(C)c2ccc3c(c2)OCCO3)n(C)c1. The Morgan fingerprint density at radius 3 is 2.44 bits per heavy atom. The number of hydrogen-bond donors (Lipinski definition) is 1. The summed E-state index contributed by atoms with van der Waals surface area (Å²) in [5.41, 5.74) is 1.25. The number of rotatable bonds is 4. The number of nitrogens with zero attached hydrogens (tertiary/aromatic N) is 1. The van der Waals surface area contributed by atoms with Crippen molar-refractivity contribution in [1.29, 1.82) is 0 Å². The largest absolute Gasteiger partial charge is 0.486 e. The summed E-state index contributed by atoms with van der Waals surface area (Å²) in [6.45, 7) is 6.38. The molecule has 3 rings (SSSR count). The van der Waals surface area contributed by atoms with Crippen molar-refractivity contribution in [3.63, 3.8) is 0 Å². The molecule has 0 bridgehead atoms. The fourth-order valence-electron chi connectivity index (χ4n) is 2.83. The first-order valence-electron chi connectivity index (χ1n) is 8.18. The highest BCUT2D eigenvalue weighted by Gasteiger charge is 2.27. The van der Waals surface area contributed by atoms with Gasteiger partial charge in [0.1, 0.15) is 18.9 Å². The Balaban J connectivity index is 1.83. The molecule has 1 aromatic carbocycles. The highest BCUT2D eigenvalue weighted by molar-refractivity contribution is 5.99. The lowest BCUT2D eigenvalue weighted by atomic mass is 9.93. The zero-order valence-electron chi connectivity index (χ0n) is 14.9. The van der Waals surface area contributed by atoms with E-state index in [2.05, 4.69) is 5.32 Å². The average molecular weight is 342 g/mol. The molecule has 1 aromatic heterocycles. The molecule has 0 saturated heterocycles. The Kier molecular flexibility index (Phi) is 4.29. The van der Waals surface area contributed by atoms with E-state index in [1.54, 1.807) is 23.9 Å². The highest BCUT2D eigenvalue weighted by atomic mass is 16.6. The molecule has 0 aliphatic carbocycles. The summed E-state index contributed by atoms with van der Waals surface area (Å²) in [6, 6.07) is 7.27. The minimum atomic E-state index is -0.617. The topological polar surface area (TPSA) is 69.6 Å². The fraction of sp³-hybridized carbons (Fsp3) is 0.368. The maximum absolute atomic E-state index is 12.7. The molecule has 1 N–H and O–H groups in total. The van der Waals surface area contributed by atoms with Gasteiger partial charge in [0.2, 0.25) is 0 Å². The van der Waals surface area contributed by atoms with Gasteiger partial charge in [0.05, 0.1) is 5.54 Å². The molecule has 0 radical (unpaired) electrons. The van der Waals surface area contributed by atoms with Crippen LogP contribution in [0.1, 0.15) is 47.2 Å². The monoisotopic (exact) mass is 342 g/mol. The van der Waals surface area contributed by atoms with Gasteiger partial charge in [-0.15, -0.1) is 0 Å². The van der Waals surface area contributed by atoms with Crippen LogP contribution >= 0.6 is 0 Å². The first kappa shape index (κ1) is 17.1. The first-order valence-corrected chi connectivity index (χ1v) is 8.18. The average Bonchev–Trinajstić information content (AvgIpc) is 2.96. The van der Waals surface area contributed by atoms with E-state index >= 15 is 0 Å². The predicted molar refractivity (Wildman–Crippen MR) is 93.3 cm³/mol. The van der Waals surface area contributed by atoms with E-state index in [1.807, 2.05) is 32.0 Å². The summed E-state index contributed by atoms with van der Waals surface area (Å²) in [5.74, 6) is 1.09. The summed E-state index contributed by atoms with van der Waals surface area (Å²) in [6.07, 6.45) is 1.66. The van der Waals surface area contributed by atoms with Crippen LogP contribution < -0.4 is 14.8 Å². The molecule has 0 spiro atoms. The van der Waals surface area contributed by atoms with Crippen molar-refractivity contribution in [2.24, 2.45) is 7.05 Å². The molecule has 0 saturated carbocycles. The maximum atomic E-state index is 12.7. The van der Waals surface area contributed by atoms with Crippen LogP contribution in [0.3, 0.4) is 0 Å². The number of nitrogens with one attached hydrogen (secondary N) is 1. The number of benzene rings is 1. The quantitative estimate of drug-likeness (QED) is 0.867. The van der Waals surface area contributed by atoms with Crippen molar-refractivity contribution in [2.45, 2.75) is 26.3 Å². The Morgan fingerprint density at radius 1 is 1.12 bits per heavy atom. The fourth-order valence-corrected chi connectivity index (χ4v) is 2.83. The van der Waals surface area contributed by atoms with Gasteiger partial charge < -0.3 is 19.4 Å². The van der Waals surface area contributed by atoms with E-state index in [9.17, 15) is 9.59 Å². The molecular formula is C19H22N2O4. The second kappa shape index (κ2) is 6.27. The number of ether oxygens (including phenoxy) is 2. The second-order valence-electron chi connectivity index (χ2n) is 6.72. The van der Waals surface area contributed by atoms with Gasteiger partial charge in [-0.2, -0.15) is 0 Å². The number of hydrogen-bond acceptors (Lipinski definition) is 4. The van der Waals surface area contributed by atoms with Crippen molar-refractivity contribution < 1.29 is 19.1 Å². The van der Waals surface area contributed by atoms with Crippen LogP contribution in [0.4, 0.5) is 0 Å². The van der Waals surface area contributed by atoms with Gasteiger partial charge in [0.25, 0.3) is 5.91 Å². The Bertz CT molecular complexity index is 836. The molecule has 132 valence electrons. The van der Waals surface area contributed by atoms with Gasteiger partial charge in [-0.3, -0.25) is 9.59 Å². The van der Waals surface area contributed by atoms with E-state index in [-0.39, 0.29) is 11.7 Å². The van der Waals surface area contributed by atoms with E-state index in [0.717, 1.165) is 5.56 Å². The van der Waals surface area contributed by atoms with Crippen LogP contribution in [-0.2, 0) is 12.6 Å². The Morgan fingerprint density at radius 2 is 1.80 bits per heavy atom. The number of carbonyl (C=O) groups is 2. The summed E-state index contributed by atoms with van der Waals surface area (Å²) in [7, 11) is 1.75. The third-order valence-corrected chi connectivity index (χ3v) is 4.33. The number of fused-ring (bicyclic) bond motifs is 1. The minimum absolute atomic E-state index is 0.0688. The van der Waals surface area contributed by atoms with E-state index < -0.39 is 5.54 Å². The van der Waals surface area contributed by atoms with Crippen molar-refractivity contribution in [3.8, 4) is 11.5 Å². The summed E-state index contributed by atoms with van der Waals surface area (Å²) in [5, 5.41) is 3.02. The van der Waals surface area contributed by atoms with Crippen LogP contribution in [0.5, 0.6) is 11.5 Å². The number of aryl methyl sites for hydroxylation is 1. The lowest BCUT2D eigenvalue weighted by Crippen LogP contribution is -2.41. The molecule has 2 heterocycles. The van der Waals surface area contributed by atoms with Crippen LogP contribution in [0.15, 0.2) is 30.5 Å². The van der Waals surface area contributed by atoms with Crippen LogP contribution in [0, 0.1) is 0 Å². The van der Waals surface area contributed by atoms with E-state index in [0.29, 0.717) is 36.0 Å². The number of amides is 1. The normalized spacial score (nSPS) is 13.4. The molecule has 1 aliphatic heterocycles. The van der Waals surface area contributed by atoms with Crippen molar-refractivity contribution in [3.05, 3.63) is 47.3 Å². The van der Waals surface area contributed by atoms with Crippen molar-refractivity contribution >= 4 is 11.7 Å². The lowest BCUT2D eigenvalue weighted by Gasteiger charge is -2.28. The number of ketones is 1. The molecule has 0 unspecified atom stereocenters. The highest BCUT2D eigenvalue weighted by Crippen LogP contribution is 2.34. The molecule has 25 heavy (non-hydrogen) atoms. The van der Waals surface area contributed by atoms with Crippen LogP contribution in [-0.4, -0.2) is 29.5 Å². The third-order valence-electron chi connectivity index (χ3n) is 4.33. The summed E-state index contributed by atoms with van der Waals surface area (Å²) >= 11 is 0. The van der Waals surface area contributed by atoms with Gasteiger partial charge in [-0.25, -0.2) is 0 Å². The lowest BCUT2D eigenvalue weighted by molar-refractivity contribution is 0.0903. The van der Waals surface area contributed by atoms with Gasteiger partial charge in [-0.05, 0) is 44.5 Å². The smallest absolute Gasteiger partial charge is 0.268 e. The Labute approximate surface area is 146 Å². The summed E-state index contributed by atoms with van der Waals surface area (Å²) < 4.78 is 12.8. The van der Waals surface area contributed by atoms with Crippen LogP contribution in [0.25, 0.3) is 0 Å². The van der Waals surface area contributed by atoms with Gasteiger partial charge in [-0.1, -0.05) is 6.07 Å². The number of aromatic nitrogens is 1. The molecule has 0 atom stereocenters. The first-order chi connectivity index (χ1) is 11.8. The van der Waals surface area contributed by atoms with Gasteiger partial charge in [0.15, 0.2) is 17.3 Å². The Hall–Kier alpha value is -2.76. The van der Waals surface area contributed by atoms with Crippen LogP contribution in [0.2, 0.25) is 0 Å². The minimum Gasteiger partial charge on any atom is -0.486 e. The standard InChI is InChI=1S/C19H22N2O4/c1-12(22)13-9-15(21(4)11-13)18(23)20-19(2,3)14-5-6-16-17(10-14)25-8-7-24-16/h5-6,9-11H,7-8H2,1-4H3,(H,20,23). The van der Waals surface area contributed by atoms with Crippen molar-refractivity contribution in [2.75, 3.05) is 13.2 Å². The molecular weight excluding hydrogens is 320 g/mol. The van der Waals surface area contributed by atoms with E-state index in [1.165, 1.54) is 6.92 Å². The zero-order chi connectivity index (χ0) is 18.2. The molecule has 1 aliphatic rings. The molecule has 1 amide bonds. The molecule has 6 heteroatoms. The van der Waals surface area contributed by atoms with Crippen molar-refractivity contribution in [1.82, 2.24) is 9.88 Å². The number of Topliss-reactive ketones (excluding diaryl/α,β-unsaturated/α-hetero) is 1.